The van der Waals surface area contributed by atoms with Gasteiger partial charge in [-0.3, -0.25) is 4.79 Å². The molecule has 2 aromatic carbocycles. The van der Waals surface area contributed by atoms with E-state index in [4.69, 9.17) is 0 Å². The largest absolute Gasteiger partial charge is 0.479 e. The Kier molecular flexibility index (Phi) is 4.63. The molecule has 0 spiro atoms. The predicted octanol–water partition coefficient (Wildman–Crippen LogP) is 2.95. The number of aliphatic carboxylic acids is 1. The Labute approximate surface area is 148 Å². The number of fused-ring (bicyclic) bond motifs is 1. The summed E-state index contributed by atoms with van der Waals surface area (Å²) in [5.41, 5.74) is 0.964. The summed E-state index contributed by atoms with van der Waals surface area (Å²) in [6, 6.07) is 11.2. The molecule has 3 rings (SSSR count). The molecular weight excluding hydrogens is 344 g/mol. The first-order chi connectivity index (χ1) is 12.3. The Hall–Kier alpha value is -2.96. The summed E-state index contributed by atoms with van der Waals surface area (Å²) in [5, 5.41) is 12.4. The van der Waals surface area contributed by atoms with Crippen LogP contribution < -0.4 is 10.1 Å². The lowest BCUT2D eigenvalue weighted by Crippen LogP contribution is -2.55. The van der Waals surface area contributed by atoms with Crippen LogP contribution in [0.4, 0.5) is 8.78 Å². The van der Waals surface area contributed by atoms with Crippen molar-refractivity contribution in [3.8, 4) is 5.75 Å². The third kappa shape index (κ3) is 3.37. The number of hydrogen-bond acceptors (Lipinski definition) is 3. The molecular formula is C19H17F2NO4. The second-order valence-electron chi connectivity index (χ2n) is 6.32. The number of benzene rings is 2. The van der Waals surface area contributed by atoms with Crippen LogP contribution in [0.1, 0.15) is 27.0 Å². The molecule has 0 saturated carbocycles. The average molecular weight is 361 g/mol. The van der Waals surface area contributed by atoms with Crippen LogP contribution >= 0.6 is 0 Å². The van der Waals surface area contributed by atoms with Crippen molar-refractivity contribution in [2.45, 2.75) is 31.9 Å². The summed E-state index contributed by atoms with van der Waals surface area (Å²) >= 11 is 0. The lowest BCUT2D eigenvalue weighted by Gasteiger charge is -2.26. The van der Waals surface area contributed by atoms with Crippen LogP contribution in [0.2, 0.25) is 0 Å². The summed E-state index contributed by atoms with van der Waals surface area (Å²) in [6.45, 7) is -1.38. The molecule has 1 amide bonds. The molecule has 0 radical (unpaired) electrons. The van der Waals surface area contributed by atoms with E-state index in [1.54, 1.807) is 6.92 Å². The zero-order chi connectivity index (χ0) is 18.9. The first-order valence-corrected chi connectivity index (χ1v) is 7.99. The minimum Gasteiger partial charge on any atom is -0.479 e. The fourth-order valence-electron chi connectivity index (χ4n) is 3.26. The van der Waals surface area contributed by atoms with E-state index in [9.17, 15) is 23.5 Å². The van der Waals surface area contributed by atoms with Gasteiger partial charge in [-0.1, -0.05) is 24.3 Å². The van der Waals surface area contributed by atoms with Crippen LogP contribution in [0, 0.1) is 6.92 Å². The fourth-order valence-corrected chi connectivity index (χ4v) is 3.26. The van der Waals surface area contributed by atoms with Gasteiger partial charge in [0.05, 0.1) is 0 Å². The zero-order valence-corrected chi connectivity index (χ0v) is 14.0. The van der Waals surface area contributed by atoms with Crippen molar-refractivity contribution >= 4 is 11.9 Å². The monoisotopic (exact) mass is 361 g/mol. The third-order valence-electron chi connectivity index (χ3n) is 4.53. The minimum absolute atomic E-state index is 0.0599. The highest BCUT2D eigenvalue weighted by Crippen LogP contribution is 2.31. The molecule has 0 atom stereocenters. The number of nitrogens with one attached hydrogen (secondary N) is 1. The highest BCUT2D eigenvalue weighted by Gasteiger charge is 2.45. The van der Waals surface area contributed by atoms with Crippen molar-refractivity contribution < 1.29 is 28.2 Å². The van der Waals surface area contributed by atoms with Gasteiger partial charge in [-0.25, -0.2) is 4.79 Å². The van der Waals surface area contributed by atoms with Crippen molar-refractivity contribution in [3.05, 3.63) is 64.7 Å². The van der Waals surface area contributed by atoms with E-state index in [2.05, 4.69) is 10.1 Å². The molecule has 1 aliphatic carbocycles. The number of carbonyl (C=O) groups excluding carboxylic acids is 1. The van der Waals surface area contributed by atoms with E-state index in [0.717, 1.165) is 11.1 Å². The lowest BCUT2D eigenvalue weighted by molar-refractivity contribution is -0.144. The molecule has 2 N–H and O–H groups in total. The van der Waals surface area contributed by atoms with Crippen molar-refractivity contribution in [1.82, 2.24) is 5.32 Å². The molecule has 1 aliphatic rings. The number of carboxylic acids is 1. The van der Waals surface area contributed by atoms with Crippen LogP contribution in [0.15, 0.2) is 42.5 Å². The molecule has 0 aliphatic heterocycles. The van der Waals surface area contributed by atoms with Crippen molar-refractivity contribution in [2.75, 3.05) is 0 Å². The van der Waals surface area contributed by atoms with Crippen LogP contribution in [-0.4, -0.2) is 29.1 Å². The molecule has 0 heterocycles. The Morgan fingerprint density at radius 2 is 1.77 bits per heavy atom. The van der Waals surface area contributed by atoms with Gasteiger partial charge < -0.3 is 15.2 Å². The van der Waals surface area contributed by atoms with Gasteiger partial charge in [0.2, 0.25) is 0 Å². The number of amides is 1. The lowest BCUT2D eigenvalue weighted by atomic mass is 9.94. The van der Waals surface area contributed by atoms with Gasteiger partial charge >= 0.3 is 12.6 Å². The Morgan fingerprint density at radius 1 is 1.15 bits per heavy atom. The molecule has 5 nitrogen and oxygen atoms in total. The van der Waals surface area contributed by atoms with Gasteiger partial charge in [0.25, 0.3) is 5.91 Å². The molecule has 136 valence electrons. The maximum Gasteiger partial charge on any atom is 0.387 e. The molecule has 7 heteroatoms. The van der Waals surface area contributed by atoms with Gasteiger partial charge in [-0.15, -0.1) is 0 Å². The maximum absolute atomic E-state index is 12.7. The summed E-state index contributed by atoms with van der Waals surface area (Å²) in [4.78, 5) is 24.6. The van der Waals surface area contributed by atoms with Crippen LogP contribution in [0.3, 0.4) is 0 Å². The first-order valence-electron chi connectivity index (χ1n) is 7.99. The molecule has 0 bridgehead atoms. The summed E-state index contributed by atoms with van der Waals surface area (Å²) < 4.78 is 28.9. The fraction of sp³-hybridized carbons (Fsp3) is 0.263. The van der Waals surface area contributed by atoms with E-state index >= 15 is 0 Å². The molecule has 0 fully saturated rings. The highest BCUT2D eigenvalue weighted by molar-refractivity contribution is 5.99. The summed E-state index contributed by atoms with van der Waals surface area (Å²) in [6.07, 6.45) is 0.381. The summed E-state index contributed by atoms with van der Waals surface area (Å²) in [5.74, 6) is -1.74. The smallest absolute Gasteiger partial charge is 0.387 e. The topological polar surface area (TPSA) is 75.6 Å². The average Bonchev–Trinajstić information content (AvgIpc) is 2.93. The van der Waals surface area contributed by atoms with Gasteiger partial charge in [0, 0.05) is 18.4 Å². The number of carbonyl (C=O) groups is 2. The van der Waals surface area contributed by atoms with E-state index in [1.165, 1.54) is 18.2 Å². The van der Waals surface area contributed by atoms with Crippen LogP contribution in [-0.2, 0) is 17.6 Å². The number of halogens is 2. The molecule has 0 saturated heterocycles. The maximum atomic E-state index is 12.7. The first kappa shape index (κ1) is 17.8. The highest BCUT2D eigenvalue weighted by atomic mass is 19.3. The number of aryl methyl sites for hydroxylation is 1. The Morgan fingerprint density at radius 3 is 2.27 bits per heavy atom. The number of rotatable bonds is 5. The van der Waals surface area contributed by atoms with Gasteiger partial charge in [-0.05, 0) is 41.8 Å². The van der Waals surface area contributed by atoms with Crippen LogP contribution in [0.25, 0.3) is 0 Å². The normalized spacial score (nSPS) is 14.8. The van der Waals surface area contributed by atoms with Crippen molar-refractivity contribution in [2.24, 2.45) is 0 Å². The standard InChI is InChI=1S/C19H17F2NO4/c1-11-8-14(26-18(20)21)6-7-15(11)16(23)22-19(17(24)25)9-12-4-2-3-5-13(12)10-19/h2-8,18H,9-10H2,1H3,(H,22,23)(H,24,25). The third-order valence-corrected chi connectivity index (χ3v) is 4.53. The number of ether oxygens (including phenoxy) is 1. The minimum atomic E-state index is -2.96. The second-order valence-corrected chi connectivity index (χ2v) is 6.32. The van der Waals surface area contributed by atoms with Crippen molar-refractivity contribution in [3.63, 3.8) is 0 Å². The van der Waals surface area contributed by atoms with Gasteiger partial charge in [0.1, 0.15) is 11.3 Å². The molecule has 26 heavy (non-hydrogen) atoms. The van der Waals surface area contributed by atoms with E-state index in [-0.39, 0.29) is 24.2 Å². The van der Waals surface area contributed by atoms with Gasteiger partial charge in [0.15, 0.2) is 0 Å². The predicted molar refractivity (Wildman–Crippen MR) is 89.5 cm³/mol. The summed E-state index contributed by atoms with van der Waals surface area (Å²) in [7, 11) is 0. The van der Waals surface area contributed by atoms with E-state index in [0.29, 0.717) is 5.56 Å². The number of carboxylic acid groups (broad SMARTS) is 1. The van der Waals surface area contributed by atoms with Gasteiger partial charge in [-0.2, -0.15) is 8.78 Å². The SMILES string of the molecule is Cc1cc(OC(F)F)ccc1C(=O)NC1(C(=O)O)Cc2ccccc2C1. The number of alkyl halides is 2. The zero-order valence-electron chi connectivity index (χ0n) is 14.0. The van der Waals surface area contributed by atoms with E-state index < -0.39 is 24.0 Å². The van der Waals surface area contributed by atoms with E-state index in [1.807, 2.05) is 24.3 Å². The molecule has 0 unspecified atom stereocenters. The van der Waals surface area contributed by atoms with Crippen molar-refractivity contribution in [1.29, 1.82) is 0 Å². The Balaban J connectivity index is 1.83. The molecule has 0 aromatic heterocycles. The van der Waals surface area contributed by atoms with Crippen LogP contribution in [0.5, 0.6) is 5.75 Å². The Bertz CT molecular complexity index is 841. The second kappa shape index (κ2) is 6.74. The number of hydrogen-bond donors (Lipinski definition) is 2. The molecule has 2 aromatic rings. The quantitative estimate of drug-likeness (QED) is 0.859.